The van der Waals surface area contributed by atoms with Crippen molar-refractivity contribution in [3.8, 4) is 5.75 Å². The molecule has 6 nitrogen and oxygen atoms in total. The van der Waals surface area contributed by atoms with Crippen LogP contribution < -0.4 is 4.74 Å². The molecule has 27 heavy (non-hydrogen) atoms. The lowest BCUT2D eigenvalue weighted by atomic mass is 10.1. The lowest BCUT2D eigenvalue weighted by Crippen LogP contribution is -2.15. The van der Waals surface area contributed by atoms with Crippen LogP contribution in [0.2, 0.25) is 0 Å². The summed E-state index contributed by atoms with van der Waals surface area (Å²) in [5, 5.41) is 0. The van der Waals surface area contributed by atoms with Gasteiger partial charge in [0.15, 0.2) is 0 Å². The van der Waals surface area contributed by atoms with Gasteiger partial charge in [0.1, 0.15) is 12.4 Å². The van der Waals surface area contributed by atoms with Crippen molar-refractivity contribution in [3.05, 3.63) is 30.3 Å². The monoisotopic (exact) mass is 384 g/mol. The van der Waals surface area contributed by atoms with Crippen molar-refractivity contribution >= 4 is 0 Å². The van der Waals surface area contributed by atoms with E-state index in [0.717, 1.165) is 18.8 Å². The second-order valence-electron chi connectivity index (χ2n) is 6.20. The molecule has 1 unspecified atom stereocenters. The Labute approximate surface area is 164 Å². The second-order valence-corrected chi connectivity index (χ2v) is 6.20. The summed E-state index contributed by atoms with van der Waals surface area (Å²) < 4.78 is 32.8. The maximum atomic E-state index is 5.53. The van der Waals surface area contributed by atoms with E-state index >= 15 is 0 Å². The zero-order chi connectivity index (χ0) is 19.4. The SMILES string of the molecule is CCC(C)COCCOCCOCCOCCOCCOc1ccccc1. The molecule has 0 aliphatic carbocycles. The van der Waals surface area contributed by atoms with Crippen LogP contribution >= 0.6 is 0 Å². The highest BCUT2D eigenvalue weighted by Gasteiger charge is 1.98. The Morgan fingerprint density at radius 2 is 1.07 bits per heavy atom. The van der Waals surface area contributed by atoms with Crippen molar-refractivity contribution in [2.75, 3.05) is 72.7 Å². The van der Waals surface area contributed by atoms with Crippen LogP contribution in [0.15, 0.2) is 30.3 Å². The summed E-state index contributed by atoms with van der Waals surface area (Å²) in [6, 6.07) is 9.71. The molecule has 1 rings (SSSR count). The minimum Gasteiger partial charge on any atom is -0.491 e. The van der Waals surface area contributed by atoms with Crippen LogP contribution in [0.1, 0.15) is 20.3 Å². The topological polar surface area (TPSA) is 55.4 Å². The van der Waals surface area contributed by atoms with E-state index in [0.29, 0.717) is 72.0 Å². The van der Waals surface area contributed by atoms with Gasteiger partial charge in [-0.2, -0.15) is 0 Å². The first-order valence-electron chi connectivity index (χ1n) is 9.89. The van der Waals surface area contributed by atoms with Gasteiger partial charge < -0.3 is 28.4 Å². The molecule has 0 N–H and O–H groups in total. The quantitative estimate of drug-likeness (QED) is 0.342. The molecule has 0 fully saturated rings. The van der Waals surface area contributed by atoms with Crippen LogP contribution in [0.4, 0.5) is 0 Å². The van der Waals surface area contributed by atoms with Gasteiger partial charge in [-0.25, -0.2) is 0 Å². The molecule has 0 aromatic heterocycles. The van der Waals surface area contributed by atoms with Gasteiger partial charge in [0.05, 0.1) is 59.5 Å². The van der Waals surface area contributed by atoms with Crippen molar-refractivity contribution in [1.29, 1.82) is 0 Å². The smallest absolute Gasteiger partial charge is 0.119 e. The molecule has 0 aliphatic rings. The average Bonchev–Trinajstić information content (AvgIpc) is 2.70. The number of benzene rings is 1. The Balaban J connectivity index is 1.70. The van der Waals surface area contributed by atoms with Gasteiger partial charge in [-0.15, -0.1) is 0 Å². The molecule has 1 atom stereocenters. The zero-order valence-electron chi connectivity index (χ0n) is 16.9. The molecule has 0 saturated heterocycles. The number of ether oxygens (including phenoxy) is 6. The molecule has 1 aromatic rings. The summed E-state index contributed by atoms with van der Waals surface area (Å²) in [5.74, 6) is 1.47. The summed E-state index contributed by atoms with van der Waals surface area (Å²) in [5.41, 5.74) is 0. The molecule has 0 heterocycles. The maximum Gasteiger partial charge on any atom is 0.119 e. The molecule has 6 heteroatoms. The lowest BCUT2D eigenvalue weighted by Gasteiger charge is -2.10. The summed E-state index contributed by atoms with van der Waals surface area (Å²) in [6.45, 7) is 10.9. The fraction of sp³-hybridized carbons (Fsp3) is 0.714. The van der Waals surface area contributed by atoms with E-state index in [1.807, 2.05) is 30.3 Å². The number of hydrogen-bond acceptors (Lipinski definition) is 6. The number of hydrogen-bond donors (Lipinski definition) is 0. The third-order valence-corrected chi connectivity index (χ3v) is 3.83. The van der Waals surface area contributed by atoms with E-state index in [-0.39, 0.29) is 0 Å². The fourth-order valence-corrected chi connectivity index (χ4v) is 2.02. The fourth-order valence-electron chi connectivity index (χ4n) is 2.02. The first-order valence-corrected chi connectivity index (χ1v) is 9.89. The Bertz CT molecular complexity index is 414. The van der Waals surface area contributed by atoms with Crippen molar-refractivity contribution < 1.29 is 28.4 Å². The molecule has 156 valence electrons. The molecule has 0 aliphatic heterocycles. The number of rotatable bonds is 19. The van der Waals surface area contributed by atoms with E-state index in [9.17, 15) is 0 Å². The zero-order valence-corrected chi connectivity index (χ0v) is 16.9. The van der Waals surface area contributed by atoms with Gasteiger partial charge in [-0.1, -0.05) is 38.5 Å². The van der Waals surface area contributed by atoms with Gasteiger partial charge in [0, 0.05) is 6.61 Å². The van der Waals surface area contributed by atoms with Crippen molar-refractivity contribution in [1.82, 2.24) is 0 Å². The largest absolute Gasteiger partial charge is 0.491 e. The third-order valence-electron chi connectivity index (χ3n) is 3.83. The van der Waals surface area contributed by atoms with Crippen LogP contribution in [-0.4, -0.2) is 72.7 Å². The lowest BCUT2D eigenvalue weighted by molar-refractivity contribution is -0.0146. The summed E-state index contributed by atoms with van der Waals surface area (Å²) in [6.07, 6.45) is 1.14. The molecule has 0 radical (unpaired) electrons. The molecule has 0 saturated carbocycles. The van der Waals surface area contributed by atoms with Crippen LogP contribution in [0, 0.1) is 5.92 Å². The molecule has 0 spiro atoms. The Morgan fingerprint density at radius 3 is 1.56 bits per heavy atom. The van der Waals surface area contributed by atoms with Crippen LogP contribution in [0.5, 0.6) is 5.75 Å². The average molecular weight is 385 g/mol. The van der Waals surface area contributed by atoms with Gasteiger partial charge in [-0.05, 0) is 18.1 Å². The first-order chi connectivity index (χ1) is 13.3. The van der Waals surface area contributed by atoms with Crippen molar-refractivity contribution in [2.24, 2.45) is 5.92 Å². The second kappa shape index (κ2) is 18.2. The van der Waals surface area contributed by atoms with Crippen LogP contribution in [0.25, 0.3) is 0 Å². The van der Waals surface area contributed by atoms with Crippen LogP contribution in [0.3, 0.4) is 0 Å². The highest BCUT2D eigenvalue weighted by atomic mass is 16.6. The van der Waals surface area contributed by atoms with E-state index < -0.39 is 0 Å². The molecular formula is C21H36O6. The predicted molar refractivity (Wildman–Crippen MR) is 105 cm³/mol. The van der Waals surface area contributed by atoms with Crippen molar-refractivity contribution in [3.63, 3.8) is 0 Å². The molecule has 0 bridgehead atoms. The van der Waals surface area contributed by atoms with E-state index in [1.54, 1.807) is 0 Å². The van der Waals surface area contributed by atoms with Crippen molar-refractivity contribution in [2.45, 2.75) is 20.3 Å². The highest BCUT2D eigenvalue weighted by molar-refractivity contribution is 5.20. The molecule has 0 amide bonds. The van der Waals surface area contributed by atoms with E-state index in [1.165, 1.54) is 0 Å². The first kappa shape index (κ1) is 23.9. The maximum absolute atomic E-state index is 5.53. The predicted octanol–water partition coefficient (Wildman–Crippen LogP) is 3.19. The Morgan fingerprint density at radius 1 is 0.630 bits per heavy atom. The third kappa shape index (κ3) is 15.6. The van der Waals surface area contributed by atoms with E-state index in [2.05, 4.69) is 13.8 Å². The minimum atomic E-state index is 0.537. The van der Waals surface area contributed by atoms with Gasteiger partial charge >= 0.3 is 0 Å². The Kier molecular flexibility index (Phi) is 16.1. The van der Waals surface area contributed by atoms with Gasteiger partial charge in [0.25, 0.3) is 0 Å². The van der Waals surface area contributed by atoms with Gasteiger partial charge in [0.2, 0.25) is 0 Å². The highest BCUT2D eigenvalue weighted by Crippen LogP contribution is 2.07. The summed E-state index contributed by atoms with van der Waals surface area (Å²) >= 11 is 0. The summed E-state index contributed by atoms with van der Waals surface area (Å²) in [4.78, 5) is 0. The van der Waals surface area contributed by atoms with Crippen LogP contribution in [-0.2, 0) is 23.7 Å². The van der Waals surface area contributed by atoms with E-state index in [4.69, 9.17) is 28.4 Å². The molecular weight excluding hydrogens is 348 g/mol. The normalized spacial score (nSPS) is 12.2. The van der Waals surface area contributed by atoms with Gasteiger partial charge in [-0.3, -0.25) is 0 Å². The minimum absolute atomic E-state index is 0.537. The Hall–Kier alpha value is -1.18. The standard InChI is InChI=1S/C21H36O6/c1-3-20(2)19-26-16-15-24-12-11-22-9-10-23-13-14-25-17-18-27-21-7-5-4-6-8-21/h4-8,20H,3,9-19H2,1-2H3. The molecule has 1 aromatic carbocycles. The summed E-state index contributed by atoms with van der Waals surface area (Å²) in [7, 11) is 0. The number of para-hydroxylation sites is 1.